The molecular weight excluding hydrogens is 537 g/mol. The molecule has 1 aromatic carbocycles. The van der Waals surface area contributed by atoms with Crippen LogP contribution in [0, 0.1) is 0 Å². The molecule has 11 heteroatoms. The van der Waals surface area contributed by atoms with Gasteiger partial charge in [-0.3, -0.25) is 9.98 Å². The first-order valence-corrected chi connectivity index (χ1v) is 13.3. The van der Waals surface area contributed by atoms with Crippen molar-refractivity contribution in [3.05, 3.63) is 93.8 Å². The Labute approximate surface area is 235 Å². The largest absolute Gasteiger partial charge is 0.496 e. The van der Waals surface area contributed by atoms with E-state index >= 15 is 0 Å². The Morgan fingerprint density at radius 3 is 2.05 bits per heavy atom. The summed E-state index contributed by atoms with van der Waals surface area (Å²) < 4.78 is 11.8. The number of para-hydroxylation sites is 1. The molecule has 0 spiro atoms. The second-order valence-electron chi connectivity index (χ2n) is 9.17. The van der Waals surface area contributed by atoms with Crippen LogP contribution in [-0.2, 0) is 13.1 Å². The minimum Gasteiger partial charge on any atom is -0.496 e. The summed E-state index contributed by atoms with van der Waals surface area (Å²) >= 11 is 12.0. The van der Waals surface area contributed by atoms with Crippen molar-refractivity contribution < 1.29 is 9.26 Å². The summed E-state index contributed by atoms with van der Waals surface area (Å²) in [5.74, 6) is 2.78. The number of rotatable bonds is 8. The standard InChI is InChI=1S/C28H25Cl2N7O2/c1-38-21-5-3-2-4-20(21)24-25(27-31-10-12-36(27)16-18-6-8-22(29)33-14-18)35-39-26(24)28-32-11-13-37(28)17-19-7-9-23(30)34-15-19/h2-9,14-15H,10-13,16-17H2,1H3. The van der Waals surface area contributed by atoms with Crippen LogP contribution in [0.1, 0.15) is 22.6 Å². The van der Waals surface area contributed by atoms with E-state index in [0.717, 1.165) is 47.0 Å². The van der Waals surface area contributed by atoms with E-state index < -0.39 is 0 Å². The number of aliphatic imine (C=N–C) groups is 2. The highest BCUT2D eigenvalue weighted by Crippen LogP contribution is 2.37. The summed E-state index contributed by atoms with van der Waals surface area (Å²) in [6.45, 7) is 4.03. The Balaban J connectivity index is 1.40. The van der Waals surface area contributed by atoms with E-state index in [1.54, 1.807) is 31.6 Å². The molecule has 0 bridgehead atoms. The molecule has 2 aliphatic heterocycles. The minimum atomic E-state index is 0.462. The molecule has 0 aliphatic carbocycles. The Morgan fingerprint density at radius 2 is 1.44 bits per heavy atom. The molecule has 0 saturated carbocycles. The fraction of sp³-hybridized carbons (Fsp3) is 0.250. The first kappa shape index (κ1) is 25.3. The molecule has 3 aromatic heterocycles. The summed E-state index contributed by atoms with van der Waals surface area (Å²) in [7, 11) is 1.66. The highest BCUT2D eigenvalue weighted by molar-refractivity contribution is 6.29. The third-order valence-electron chi connectivity index (χ3n) is 6.67. The van der Waals surface area contributed by atoms with Gasteiger partial charge in [0.25, 0.3) is 0 Å². The lowest BCUT2D eigenvalue weighted by Crippen LogP contribution is -2.29. The first-order valence-electron chi connectivity index (χ1n) is 12.5. The Bertz CT molecular complexity index is 1440. The van der Waals surface area contributed by atoms with Crippen LogP contribution in [0.15, 0.2) is 75.4 Å². The number of halogens is 2. The zero-order valence-corrected chi connectivity index (χ0v) is 22.7. The van der Waals surface area contributed by atoms with Crippen molar-refractivity contribution in [2.45, 2.75) is 13.1 Å². The molecule has 0 radical (unpaired) electrons. The van der Waals surface area contributed by atoms with Crippen molar-refractivity contribution in [3.63, 3.8) is 0 Å². The lowest BCUT2D eigenvalue weighted by atomic mass is 10.00. The van der Waals surface area contributed by atoms with Gasteiger partial charge in [0.05, 0.1) is 25.8 Å². The van der Waals surface area contributed by atoms with Crippen LogP contribution in [0.4, 0.5) is 0 Å². The van der Waals surface area contributed by atoms with Crippen LogP contribution in [0.25, 0.3) is 11.1 Å². The Hall–Kier alpha value is -3.95. The predicted molar refractivity (Wildman–Crippen MR) is 151 cm³/mol. The smallest absolute Gasteiger partial charge is 0.210 e. The SMILES string of the molecule is COc1ccccc1-c1c(C2=NCCN2Cc2ccc(Cl)nc2)noc1C1=NCCN1Cc1ccc(Cl)nc1. The van der Waals surface area contributed by atoms with Crippen LogP contribution >= 0.6 is 23.2 Å². The Morgan fingerprint density at radius 1 is 0.821 bits per heavy atom. The number of benzene rings is 1. The third kappa shape index (κ3) is 5.20. The zero-order chi connectivity index (χ0) is 26.8. The van der Waals surface area contributed by atoms with Gasteiger partial charge in [-0.25, -0.2) is 9.97 Å². The van der Waals surface area contributed by atoms with Gasteiger partial charge in [0, 0.05) is 44.1 Å². The molecule has 2 aliphatic rings. The molecule has 0 fully saturated rings. The summed E-state index contributed by atoms with van der Waals surface area (Å²) in [5.41, 5.74) is 4.36. The monoisotopic (exact) mass is 561 g/mol. The Kier molecular flexibility index (Phi) is 7.17. The summed E-state index contributed by atoms with van der Waals surface area (Å²) in [5, 5.41) is 5.50. The van der Waals surface area contributed by atoms with Crippen LogP contribution in [0.5, 0.6) is 5.75 Å². The van der Waals surface area contributed by atoms with Crippen LogP contribution < -0.4 is 4.74 Å². The van der Waals surface area contributed by atoms with Gasteiger partial charge in [-0.2, -0.15) is 0 Å². The summed E-state index contributed by atoms with van der Waals surface area (Å²) in [4.78, 5) is 22.5. The molecule has 5 heterocycles. The lowest BCUT2D eigenvalue weighted by molar-refractivity contribution is 0.387. The van der Waals surface area contributed by atoms with Gasteiger partial charge in [-0.05, 0) is 29.3 Å². The maximum absolute atomic E-state index is 6.10. The molecule has 39 heavy (non-hydrogen) atoms. The van der Waals surface area contributed by atoms with Crippen molar-refractivity contribution in [1.29, 1.82) is 0 Å². The van der Waals surface area contributed by atoms with E-state index in [0.29, 0.717) is 53.7 Å². The number of nitrogens with zero attached hydrogens (tertiary/aromatic N) is 7. The molecule has 6 rings (SSSR count). The van der Waals surface area contributed by atoms with Gasteiger partial charge in [0.1, 0.15) is 16.1 Å². The average molecular weight is 562 g/mol. The number of ether oxygens (including phenoxy) is 1. The van der Waals surface area contributed by atoms with E-state index in [1.165, 1.54) is 0 Å². The number of amidine groups is 2. The molecule has 0 amide bonds. The first-order chi connectivity index (χ1) is 19.1. The average Bonchev–Trinajstić information content (AvgIpc) is 3.71. The molecule has 198 valence electrons. The quantitative estimate of drug-likeness (QED) is 0.280. The molecule has 4 aromatic rings. The van der Waals surface area contributed by atoms with E-state index in [4.69, 9.17) is 42.4 Å². The summed E-state index contributed by atoms with van der Waals surface area (Å²) in [6.07, 6.45) is 3.56. The van der Waals surface area contributed by atoms with Crippen molar-refractivity contribution in [2.24, 2.45) is 9.98 Å². The van der Waals surface area contributed by atoms with Gasteiger partial charge in [-0.1, -0.05) is 58.7 Å². The molecule has 0 atom stereocenters. The maximum atomic E-state index is 6.10. The molecule has 0 unspecified atom stereocenters. The minimum absolute atomic E-state index is 0.462. The van der Waals surface area contributed by atoms with E-state index in [2.05, 4.69) is 24.9 Å². The maximum Gasteiger partial charge on any atom is 0.210 e. The van der Waals surface area contributed by atoms with Gasteiger partial charge in [0.2, 0.25) is 5.76 Å². The van der Waals surface area contributed by atoms with Crippen LogP contribution in [0.3, 0.4) is 0 Å². The molecule has 0 saturated heterocycles. The predicted octanol–water partition coefficient (Wildman–Crippen LogP) is 4.97. The van der Waals surface area contributed by atoms with E-state index in [1.807, 2.05) is 36.4 Å². The van der Waals surface area contributed by atoms with Gasteiger partial charge >= 0.3 is 0 Å². The van der Waals surface area contributed by atoms with Crippen molar-refractivity contribution in [2.75, 3.05) is 33.3 Å². The lowest BCUT2D eigenvalue weighted by Gasteiger charge is -2.21. The zero-order valence-electron chi connectivity index (χ0n) is 21.2. The topological polar surface area (TPSA) is 92.2 Å². The second kappa shape index (κ2) is 11.0. The number of hydrogen-bond donors (Lipinski definition) is 0. The van der Waals surface area contributed by atoms with E-state index in [9.17, 15) is 0 Å². The summed E-state index contributed by atoms with van der Waals surface area (Å²) in [6, 6.07) is 15.4. The fourth-order valence-electron chi connectivity index (χ4n) is 4.85. The van der Waals surface area contributed by atoms with Crippen LogP contribution in [0.2, 0.25) is 10.3 Å². The third-order valence-corrected chi connectivity index (χ3v) is 7.12. The highest BCUT2D eigenvalue weighted by atomic mass is 35.5. The van der Waals surface area contributed by atoms with Gasteiger partial charge < -0.3 is 19.1 Å². The number of hydrogen-bond acceptors (Lipinski definition) is 9. The molecule has 0 N–H and O–H groups in total. The van der Waals surface area contributed by atoms with Crippen LogP contribution in [-0.4, -0.2) is 69.9 Å². The fourth-order valence-corrected chi connectivity index (χ4v) is 5.07. The molecular formula is C28H25Cl2N7O2. The van der Waals surface area contributed by atoms with Crippen molar-refractivity contribution in [3.8, 4) is 16.9 Å². The van der Waals surface area contributed by atoms with Gasteiger partial charge in [0.15, 0.2) is 17.4 Å². The number of pyridine rings is 2. The molecule has 9 nitrogen and oxygen atoms in total. The van der Waals surface area contributed by atoms with Gasteiger partial charge in [-0.15, -0.1) is 0 Å². The van der Waals surface area contributed by atoms with Crippen molar-refractivity contribution >= 4 is 34.9 Å². The second-order valence-corrected chi connectivity index (χ2v) is 9.94. The number of methoxy groups -OCH3 is 1. The number of aromatic nitrogens is 3. The van der Waals surface area contributed by atoms with Crippen molar-refractivity contribution in [1.82, 2.24) is 24.9 Å². The highest BCUT2D eigenvalue weighted by Gasteiger charge is 2.34. The normalized spacial score (nSPS) is 15.1. The van der Waals surface area contributed by atoms with E-state index in [-0.39, 0.29) is 0 Å².